The molecule has 0 aliphatic heterocycles. The van der Waals surface area contributed by atoms with Crippen molar-refractivity contribution in [3.05, 3.63) is 94.9 Å². The zero-order valence-electron chi connectivity index (χ0n) is 15.1. The van der Waals surface area contributed by atoms with Gasteiger partial charge in [-0.05, 0) is 42.0 Å². The summed E-state index contributed by atoms with van der Waals surface area (Å²) in [7, 11) is 0. The minimum absolute atomic E-state index is 0.0386. The molecular formula is C22H19N3O3. The highest BCUT2D eigenvalue weighted by atomic mass is 16.5. The highest BCUT2D eigenvalue weighted by Crippen LogP contribution is 2.21. The third kappa shape index (κ3) is 3.96. The molecule has 1 amide bonds. The van der Waals surface area contributed by atoms with E-state index in [1.54, 1.807) is 0 Å². The monoisotopic (exact) mass is 373 g/mol. The van der Waals surface area contributed by atoms with Gasteiger partial charge in [-0.3, -0.25) is 9.36 Å². The number of aromatic amines is 1. The van der Waals surface area contributed by atoms with Gasteiger partial charge in [0.2, 0.25) is 5.91 Å². The van der Waals surface area contributed by atoms with Gasteiger partial charge in [0.1, 0.15) is 18.0 Å². The number of fused-ring (bicyclic) bond motifs is 1. The molecule has 4 rings (SSSR count). The smallest absolute Gasteiger partial charge is 0.326 e. The molecule has 0 spiro atoms. The molecule has 6 heteroatoms. The quantitative estimate of drug-likeness (QED) is 0.544. The lowest BCUT2D eigenvalue weighted by atomic mass is 10.2. The summed E-state index contributed by atoms with van der Waals surface area (Å²) in [5, 5.41) is 2.85. The van der Waals surface area contributed by atoms with Crippen molar-refractivity contribution in [3.8, 4) is 11.5 Å². The van der Waals surface area contributed by atoms with Crippen LogP contribution in [0.15, 0.2) is 83.7 Å². The summed E-state index contributed by atoms with van der Waals surface area (Å²) in [5.74, 6) is 1.22. The van der Waals surface area contributed by atoms with Gasteiger partial charge in [-0.15, -0.1) is 0 Å². The molecule has 0 bridgehead atoms. The second-order valence-corrected chi connectivity index (χ2v) is 6.37. The molecule has 0 atom stereocenters. The average molecular weight is 373 g/mol. The largest absolute Gasteiger partial charge is 0.457 e. The van der Waals surface area contributed by atoms with E-state index in [-0.39, 0.29) is 18.1 Å². The van der Waals surface area contributed by atoms with E-state index < -0.39 is 0 Å². The fourth-order valence-corrected chi connectivity index (χ4v) is 3.01. The Morgan fingerprint density at radius 3 is 2.54 bits per heavy atom. The molecule has 0 aliphatic rings. The number of para-hydroxylation sites is 3. The van der Waals surface area contributed by atoms with Crippen molar-refractivity contribution in [2.75, 3.05) is 0 Å². The molecule has 1 heterocycles. The van der Waals surface area contributed by atoms with Crippen molar-refractivity contribution in [2.24, 2.45) is 0 Å². The molecule has 0 unspecified atom stereocenters. The van der Waals surface area contributed by atoms with E-state index in [1.807, 2.05) is 78.9 Å². The predicted molar refractivity (Wildman–Crippen MR) is 107 cm³/mol. The Labute approximate surface area is 161 Å². The number of hydrogen-bond donors (Lipinski definition) is 2. The number of nitrogens with one attached hydrogen (secondary N) is 2. The van der Waals surface area contributed by atoms with Gasteiger partial charge in [0.25, 0.3) is 0 Å². The maximum Gasteiger partial charge on any atom is 0.326 e. The van der Waals surface area contributed by atoms with Crippen LogP contribution < -0.4 is 15.7 Å². The van der Waals surface area contributed by atoms with Gasteiger partial charge in [-0.2, -0.15) is 0 Å². The zero-order valence-corrected chi connectivity index (χ0v) is 15.1. The van der Waals surface area contributed by atoms with Crippen molar-refractivity contribution in [1.82, 2.24) is 14.9 Å². The molecular weight excluding hydrogens is 354 g/mol. The number of hydrogen-bond acceptors (Lipinski definition) is 3. The maximum atomic E-state index is 12.3. The van der Waals surface area contributed by atoms with Crippen LogP contribution in [0.1, 0.15) is 5.56 Å². The average Bonchev–Trinajstić information content (AvgIpc) is 3.03. The van der Waals surface area contributed by atoms with Gasteiger partial charge in [0.05, 0.1) is 11.0 Å². The molecule has 3 aromatic carbocycles. The van der Waals surface area contributed by atoms with E-state index in [9.17, 15) is 9.59 Å². The van der Waals surface area contributed by atoms with Gasteiger partial charge in [0.15, 0.2) is 0 Å². The van der Waals surface area contributed by atoms with Crippen molar-refractivity contribution in [3.63, 3.8) is 0 Å². The Morgan fingerprint density at radius 2 is 1.68 bits per heavy atom. The van der Waals surface area contributed by atoms with Crippen molar-refractivity contribution in [2.45, 2.75) is 13.1 Å². The minimum Gasteiger partial charge on any atom is -0.457 e. The summed E-state index contributed by atoms with van der Waals surface area (Å²) >= 11 is 0. The number of carbonyl (C=O) groups is 1. The number of benzene rings is 3. The number of ether oxygens (including phenoxy) is 1. The lowest BCUT2D eigenvalue weighted by molar-refractivity contribution is -0.121. The molecule has 2 N–H and O–H groups in total. The maximum absolute atomic E-state index is 12.3. The molecule has 0 saturated carbocycles. The molecule has 0 fully saturated rings. The number of rotatable bonds is 6. The Morgan fingerprint density at radius 1 is 0.929 bits per heavy atom. The van der Waals surface area contributed by atoms with E-state index in [0.29, 0.717) is 23.3 Å². The van der Waals surface area contributed by atoms with Gasteiger partial charge in [-0.1, -0.05) is 42.5 Å². The first kappa shape index (κ1) is 17.6. The van der Waals surface area contributed by atoms with Crippen LogP contribution in [-0.4, -0.2) is 15.5 Å². The minimum atomic E-state index is -0.297. The number of imidazole rings is 1. The molecule has 0 radical (unpaired) electrons. The van der Waals surface area contributed by atoms with Crippen LogP contribution in [0.3, 0.4) is 0 Å². The standard InChI is InChI=1S/C22H19N3O3/c26-21(15-25-20-12-5-4-11-19(20)24-22(25)27)23-14-16-7-6-10-18(13-16)28-17-8-2-1-3-9-17/h1-13H,14-15H2,(H,23,26)(H,24,27). The molecule has 0 saturated heterocycles. The summed E-state index contributed by atoms with van der Waals surface area (Å²) in [4.78, 5) is 27.2. The van der Waals surface area contributed by atoms with Crippen molar-refractivity contribution >= 4 is 16.9 Å². The summed E-state index contributed by atoms with van der Waals surface area (Å²) < 4.78 is 7.24. The molecule has 0 aliphatic carbocycles. The number of aromatic nitrogens is 2. The predicted octanol–water partition coefficient (Wildman–Crippen LogP) is 3.44. The van der Waals surface area contributed by atoms with Crippen LogP contribution in [0.2, 0.25) is 0 Å². The van der Waals surface area contributed by atoms with Gasteiger partial charge < -0.3 is 15.0 Å². The third-order valence-corrected chi connectivity index (χ3v) is 4.35. The molecule has 140 valence electrons. The first-order chi connectivity index (χ1) is 13.7. The fraction of sp³-hybridized carbons (Fsp3) is 0.0909. The summed E-state index contributed by atoms with van der Waals surface area (Å²) in [6.07, 6.45) is 0. The summed E-state index contributed by atoms with van der Waals surface area (Å²) in [6, 6.07) is 24.3. The van der Waals surface area contributed by atoms with Crippen LogP contribution >= 0.6 is 0 Å². The third-order valence-electron chi connectivity index (χ3n) is 4.35. The van der Waals surface area contributed by atoms with E-state index >= 15 is 0 Å². The van der Waals surface area contributed by atoms with E-state index in [4.69, 9.17) is 4.74 Å². The fourth-order valence-electron chi connectivity index (χ4n) is 3.01. The van der Waals surface area contributed by atoms with E-state index in [1.165, 1.54) is 4.57 Å². The Balaban J connectivity index is 1.40. The number of amides is 1. The molecule has 6 nitrogen and oxygen atoms in total. The first-order valence-electron chi connectivity index (χ1n) is 8.95. The molecule has 28 heavy (non-hydrogen) atoms. The van der Waals surface area contributed by atoms with Gasteiger partial charge >= 0.3 is 5.69 Å². The van der Waals surface area contributed by atoms with Crippen molar-refractivity contribution < 1.29 is 9.53 Å². The van der Waals surface area contributed by atoms with Gasteiger partial charge in [-0.25, -0.2) is 4.79 Å². The van der Waals surface area contributed by atoms with Crippen LogP contribution in [-0.2, 0) is 17.9 Å². The summed E-state index contributed by atoms with van der Waals surface area (Å²) in [5.41, 5.74) is 2.04. The first-order valence-corrected chi connectivity index (χ1v) is 8.95. The normalized spacial score (nSPS) is 10.7. The second kappa shape index (κ2) is 7.84. The Kier molecular flexibility index (Phi) is 4.93. The Bertz CT molecular complexity index is 1160. The van der Waals surface area contributed by atoms with Crippen LogP contribution in [0, 0.1) is 0 Å². The van der Waals surface area contributed by atoms with Crippen LogP contribution in [0.25, 0.3) is 11.0 Å². The van der Waals surface area contributed by atoms with Gasteiger partial charge in [0, 0.05) is 6.54 Å². The number of H-pyrrole nitrogens is 1. The van der Waals surface area contributed by atoms with Crippen molar-refractivity contribution in [1.29, 1.82) is 0 Å². The number of carbonyl (C=O) groups excluding carboxylic acids is 1. The second-order valence-electron chi connectivity index (χ2n) is 6.37. The topological polar surface area (TPSA) is 76.1 Å². The SMILES string of the molecule is O=C(Cn1c(=O)[nH]c2ccccc21)NCc1cccc(Oc2ccccc2)c1. The highest BCUT2D eigenvalue weighted by molar-refractivity contribution is 5.80. The van der Waals surface area contributed by atoms with Crippen LogP contribution in [0.5, 0.6) is 11.5 Å². The van der Waals surface area contributed by atoms with E-state index in [2.05, 4.69) is 10.3 Å². The van der Waals surface area contributed by atoms with Crippen LogP contribution in [0.4, 0.5) is 0 Å². The van der Waals surface area contributed by atoms with E-state index in [0.717, 1.165) is 11.3 Å². The highest BCUT2D eigenvalue weighted by Gasteiger charge is 2.10. The lowest BCUT2D eigenvalue weighted by Gasteiger charge is -2.09. The summed E-state index contributed by atoms with van der Waals surface area (Å²) in [6.45, 7) is 0.310. The Hall–Kier alpha value is -3.80. The number of nitrogens with zero attached hydrogens (tertiary/aromatic N) is 1. The lowest BCUT2D eigenvalue weighted by Crippen LogP contribution is -2.31. The molecule has 1 aromatic heterocycles. The molecule has 4 aromatic rings. The zero-order chi connectivity index (χ0) is 19.3.